The molecule has 0 heterocycles. The molecule has 0 radical (unpaired) electrons. The lowest BCUT2D eigenvalue weighted by Crippen LogP contribution is -1.96. The number of hydrogen-bond donors (Lipinski definition) is 1. The van der Waals surface area contributed by atoms with Gasteiger partial charge in [0.2, 0.25) is 0 Å². The van der Waals surface area contributed by atoms with Gasteiger partial charge < -0.3 is 5.11 Å². The second kappa shape index (κ2) is 6.52. The smallest absolute Gasteiger partial charge is 0.199 e. The highest BCUT2D eigenvalue weighted by molar-refractivity contribution is 7.94. The molecule has 4 heteroatoms. The Morgan fingerprint density at radius 3 is 2.50 bits per heavy atom. The maximum atomic E-state index is 11.9. The van der Waals surface area contributed by atoms with Crippen LogP contribution in [-0.2, 0) is 9.84 Å². The first kappa shape index (κ1) is 14.7. The predicted molar refractivity (Wildman–Crippen MR) is 73.0 cm³/mol. The zero-order valence-electron chi connectivity index (χ0n) is 10.5. The van der Waals surface area contributed by atoms with Crippen molar-refractivity contribution in [1.82, 2.24) is 0 Å². The number of benzene rings is 1. The molecule has 0 bridgehead atoms. The molecule has 1 aromatic carbocycles. The van der Waals surface area contributed by atoms with E-state index in [1.807, 2.05) is 6.92 Å². The summed E-state index contributed by atoms with van der Waals surface area (Å²) in [6.07, 6.45) is 2.75. The highest BCUT2D eigenvalue weighted by Crippen LogP contribution is 2.14. The SMILES string of the molecule is C=C(CO)CC/C=C/S(=O)(=O)c1ccc(C)cc1. The number of aryl methyl sites for hydroxylation is 1. The lowest BCUT2D eigenvalue weighted by atomic mass is 10.2. The molecule has 0 aliphatic carbocycles. The number of rotatable bonds is 6. The van der Waals surface area contributed by atoms with Gasteiger partial charge in [-0.2, -0.15) is 0 Å². The van der Waals surface area contributed by atoms with Gasteiger partial charge in [-0.25, -0.2) is 8.42 Å². The Labute approximate surface area is 108 Å². The van der Waals surface area contributed by atoms with E-state index in [2.05, 4.69) is 6.58 Å². The van der Waals surface area contributed by atoms with Gasteiger partial charge in [0, 0.05) is 5.41 Å². The minimum atomic E-state index is -3.35. The highest BCUT2D eigenvalue weighted by atomic mass is 32.2. The maximum Gasteiger partial charge on any atom is 0.199 e. The number of aliphatic hydroxyl groups excluding tert-OH is 1. The topological polar surface area (TPSA) is 54.4 Å². The molecule has 3 nitrogen and oxygen atoms in total. The van der Waals surface area contributed by atoms with Crippen molar-refractivity contribution in [2.24, 2.45) is 0 Å². The first-order chi connectivity index (χ1) is 8.45. The summed E-state index contributed by atoms with van der Waals surface area (Å²) in [5, 5.41) is 9.97. The van der Waals surface area contributed by atoms with Crippen molar-refractivity contribution in [2.75, 3.05) is 6.61 Å². The lowest BCUT2D eigenvalue weighted by Gasteiger charge is -2.00. The summed E-state index contributed by atoms with van der Waals surface area (Å²) in [4.78, 5) is 0.297. The average Bonchev–Trinajstić information content (AvgIpc) is 2.35. The third-order valence-electron chi connectivity index (χ3n) is 2.51. The van der Waals surface area contributed by atoms with Crippen molar-refractivity contribution >= 4 is 9.84 Å². The van der Waals surface area contributed by atoms with Crippen LogP contribution >= 0.6 is 0 Å². The van der Waals surface area contributed by atoms with Gasteiger partial charge in [-0.05, 0) is 31.9 Å². The van der Waals surface area contributed by atoms with Gasteiger partial charge in [-0.1, -0.05) is 35.9 Å². The minimum absolute atomic E-state index is 0.0570. The van der Waals surface area contributed by atoms with E-state index >= 15 is 0 Å². The zero-order chi connectivity index (χ0) is 13.6. The third kappa shape index (κ3) is 4.47. The largest absolute Gasteiger partial charge is 0.392 e. The van der Waals surface area contributed by atoms with E-state index in [1.165, 1.54) is 5.41 Å². The number of allylic oxidation sites excluding steroid dienone is 1. The van der Waals surface area contributed by atoms with Gasteiger partial charge >= 0.3 is 0 Å². The Morgan fingerprint density at radius 2 is 1.94 bits per heavy atom. The van der Waals surface area contributed by atoms with Crippen LogP contribution in [0.3, 0.4) is 0 Å². The summed E-state index contributed by atoms with van der Waals surface area (Å²) < 4.78 is 23.8. The van der Waals surface area contributed by atoms with Crippen molar-refractivity contribution < 1.29 is 13.5 Å². The fourth-order valence-corrected chi connectivity index (χ4v) is 2.43. The molecular formula is C14H18O3S. The molecule has 0 aliphatic heterocycles. The normalized spacial score (nSPS) is 11.9. The number of sulfone groups is 1. The third-order valence-corrected chi connectivity index (χ3v) is 3.99. The Bertz CT molecular complexity index is 525. The van der Waals surface area contributed by atoms with Crippen LogP contribution in [0.5, 0.6) is 0 Å². The highest BCUT2D eigenvalue weighted by Gasteiger charge is 2.08. The first-order valence-electron chi connectivity index (χ1n) is 5.71. The molecule has 1 rings (SSSR count). The van der Waals surface area contributed by atoms with Gasteiger partial charge in [0.15, 0.2) is 9.84 Å². The quantitative estimate of drug-likeness (QED) is 0.805. The van der Waals surface area contributed by atoms with Crippen LogP contribution in [0.15, 0.2) is 52.8 Å². The molecule has 18 heavy (non-hydrogen) atoms. The molecule has 1 aromatic rings. The van der Waals surface area contributed by atoms with Crippen LogP contribution in [-0.4, -0.2) is 20.1 Å². The van der Waals surface area contributed by atoms with E-state index in [4.69, 9.17) is 5.11 Å². The van der Waals surface area contributed by atoms with Crippen LogP contribution in [0.2, 0.25) is 0 Å². The fraction of sp³-hybridized carbons (Fsp3) is 0.286. The van der Waals surface area contributed by atoms with Crippen molar-refractivity contribution in [3.8, 4) is 0 Å². The van der Waals surface area contributed by atoms with Gasteiger partial charge in [-0.3, -0.25) is 0 Å². The van der Waals surface area contributed by atoms with Gasteiger partial charge in [0.25, 0.3) is 0 Å². The Hall–Kier alpha value is -1.39. The average molecular weight is 266 g/mol. The molecular weight excluding hydrogens is 248 g/mol. The monoisotopic (exact) mass is 266 g/mol. The predicted octanol–water partition coefficient (Wildman–Crippen LogP) is 2.61. The molecule has 0 aromatic heterocycles. The van der Waals surface area contributed by atoms with Gasteiger partial charge in [0.05, 0.1) is 11.5 Å². The molecule has 0 atom stereocenters. The van der Waals surface area contributed by atoms with Crippen LogP contribution in [0.1, 0.15) is 18.4 Å². The van der Waals surface area contributed by atoms with Crippen molar-refractivity contribution in [3.05, 3.63) is 53.5 Å². The molecule has 0 fully saturated rings. The Kier molecular flexibility index (Phi) is 5.31. The summed E-state index contributed by atoms with van der Waals surface area (Å²) in [6, 6.07) is 6.74. The van der Waals surface area contributed by atoms with E-state index in [-0.39, 0.29) is 6.61 Å². The van der Waals surface area contributed by atoms with E-state index < -0.39 is 9.84 Å². The van der Waals surface area contributed by atoms with E-state index in [0.29, 0.717) is 23.3 Å². The van der Waals surface area contributed by atoms with Crippen LogP contribution < -0.4 is 0 Å². The summed E-state index contributed by atoms with van der Waals surface area (Å²) >= 11 is 0. The molecule has 1 N–H and O–H groups in total. The molecule has 98 valence electrons. The van der Waals surface area contributed by atoms with Crippen LogP contribution in [0.4, 0.5) is 0 Å². The maximum absolute atomic E-state index is 11.9. The van der Waals surface area contributed by atoms with E-state index in [1.54, 1.807) is 30.3 Å². The second-order valence-electron chi connectivity index (χ2n) is 4.18. The number of aliphatic hydroxyl groups is 1. The molecule has 0 amide bonds. The molecule has 0 unspecified atom stereocenters. The van der Waals surface area contributed by atoms with Crippen LogP contribution in [0, 0.1) is 6.92 Å². The fourth-order valence-electron chi connectivity index (χ4n) is 1.37. The summed E-state index contributed by atoms with van der Waals surface area (Å²) in [7, 11) is -3.35. The Balaban J connectivity index is 2.67. The molecule has 0 saturated carbocycles. The molecule has 0 spiro atoms. The van der Waals surface area contributed by atoms with E-state index in [9.17, 15) is 8.42 Å². The minimum Gasteiger partial charge on any atom is -0.392 e. The summed E-state index contributed by atoms with van der Waals surface area (Å²) in [5.41, 5.74) is 1.73. The zero-order valence-corrected chi connectivity index (χ0v) is 11.3. The second-order valence-corrected chi connectivity index (χ2v) is 6.01. The summed E-state index contributed by atoms with van der Waals surface area (Å²) in [6.45, 7) is 5.49. The molecule has 0 saturated heterocycles. The Morgan fingerprint density at radius 1 is 1.33 bits per heavy atom. The van der Waals surface area contributed by atoms with Crippen molar-refractivity contribution in [2.45, 2.75) is 24.7 Å². The molecule has 0 aliphatic rings. The standard InChI is InChI=1S/C14H18O3S/c1-12-6-8-14(9-7-12)18(16,17)10-4-3-5-13(2)11-15/h4,6-10,15H,2-3,5,11H2,1H3/b10-4+. The van der Waals surface area contributed by atoms with Gasteiger partial charge in [-0.15, -0.1) is 0 Å². The van der Waals surface area contributed by atoms with Crippen LogP contribution in [0.25, 0.3) is 0 Å². The summed E-state index contributed by atoms with van der Waals surface area (Å²) in [5.74, 6) is 0. The lowest BCUT2D eigenvalue weighted by molar-refractivity contribution is 0.327. The first-order valence-corrected chi connectivity index (χ1v) is 7.26. The van der Waals surface area contributed by atoms with Crippen molar-refractivity contribution in [1.29, 1.82) is 0 Å². The van der Waals surface area contributed by atoms with Crippen molar-refractivity contribution in [3.63, 3.8) is 0 Å². The van der Waals surface area contributed by atoms with E-state index in [0.717, 1.165) is 5.56 Å². The number of hydrogen-bond acceptors (Lipinski definition) is 3. The van der Waals surface area contributed by atoms with Gasteiger partial charge in [0.1, 0.15) is 0 Å².